The smallest absolute Gasteiger partial charge is 0.0890 e. The van der Waals surface area contributed by atoms with Gasteiger partial charge >= 0.3 is 0 Å². The van der Waals surface area contributed by atoms with E-state index in [2.05, 4.69) is 15.0 Å². The second kappa shape index (κ2) is 5.12. The Bertz CT molecular complexity index is 682. The zero-order chi connectivity index (χ0) is 13.1. The Morgan fingerprint density at radius 3 is 2.42 bits per heavy atom. The molecular formula is C15H14N4. The van der Waals surface area contributed by atoms with Crippen molar-refractivity contribution in [1.29, 1.82) is 0 Å². The molecule has 4 nitrogen and oxygen atoms in total. The highest BCUT2D eigenvalue weighted by Gasteiger charge is 2.08. The van der Waals surface area contributed by atoms with E-state index in [1.165, 1.54) is 5.56 Å². The third-order valence-corrected chi connectivity index (χ3v) is 3.13. The molecule has 1 unspecified atom stereocenters. The molecule has 0 radical (unpaired) electrons. The van der Waals surface area contributed by atoms with Crippen LogP contribution in [0.3, 0.4) is 0 Å². The van der Waals surface area contributed by atoms with Crippen LogP contribution in [-0.2, 0) is 6.42 Å². The maximum Gasteiger partial charge on any atom is 0.0890 e. The molecule has 0 aliphatic rings. The Kier molecular flexibility index (Phi) is 3.16. The first kappa shape index (κ1) is 11.7. The lowest BCUT2D eigenvalue weighted by Crippen LogP contribution is -2.13. The quantitative estimate of drug-likeness (QED) is 0.774. The van der Waals surface area contributed by atoms with Crippen LogP contribution in [0.2, 0.25) is 0 Å². The van der Waals surface area contributed by atoms with Crippen LogP contribution < -0.4 is 5.73 Å². The van der Waals surface area contributed by atoms with E-state index >= 15 is 0 Å². The zero-order valence-corrected chi connectivity index (χ0v) is 10.4. The van der Waals surface area contributed by atoms with Gasteiger partial charge in [0.2, 0.25) is 0 Å². The monoisotopic (exact) mass is 250 g/mol. The maximum absolute atomic E-state index is 6.25. The largest absolute Gasteiger partial charge is 0.324 e. The summed E-state index contributed by atoms with van der Waals surface area (Å²) in [6, 6.07) is 9.91. The van der Waals surface area contributed by atoms with E-state index < -0.39 is 0 Å². The first-order valence-corrected chi connectivity index (χ1v) is 6.18. The third-order valence-electron chi connectivity index (χ3n) is 3.13. The summed E-state index contributed by atoms with van der Waals surface area (Å²) in [4.78, 5) is 12.6. The zero-order valence-electron chi connectivity index (χ0n) is 10.4. The molecule has 94 valence electrons. The van der Waals surface area contributed by atoms with E-state index in [4.69, 9.17) is 5.73 Å². The normalized spacial score (nSPS) is 12.5. The minimum absolute atomic E-state index is 0.0474. The van der Waals surface area contributed by atoms with Gasteiger partial charge in [0.05, 0.1) is 11.0 Å². The summed E-state index contributed by atoms with van der Waals surface area (Å²) in [5.41, 5.74) is 10.3. The van der Waals surface area contributed by atoms with Gasteiger partial charge in [0.25, 0.3) is 0 Å². The highest BCUT2D eigenvalue weighted by Crippen LogP contribution is 2.19. The fourth-order valence-electron chi connectivity index (χ4n) is 2.10. The summed E-state index contributed by atoms with van der Waals surface area (Å²) in [5.74, 6) is 0. The highest BCUT2D eigenvalue weighted by molar-refractivity contribution is 5.74. The van der Waals surface area contributed by atoms with E-state index in [0.717, 1.165) is 23.0 Å². The Morgan fingerprint density at radius 1 is 0.895 bits per heavy atom. The lowest BCUT2D eigenvalue weighted by Gasteiger charge is -2.12. The number of hydrogen-bond donors (Lipinski definition) is 1. The molecule has 3 rings (SSSR count). The second-order valence-electron chi connectivity index (χ2n) is 4.47. The van der Waals surface area contributed by atoms with Gasteiger partial charge in [0, 0.05) is 30.8 Å². The van der Waals surface area contributed by atoms with E-state index in [0.29, 0.717) is 0 Å². The van der Waals surface area contributed by atoms with Gasteiger partial charge in [0.1, 0.15) is 0 Å². The number of nitrogens with zero attached hydrogens (tertiary/aromatic N) is 3. The summed E-state index contributed by atoms with van der Waals surface area (Å²) in [6.45, 7) is 0. The number of benzene rings is 1. The first-order valence-electron chi connectivity index (χ1n) is 6.18. The van der Waals surface area contributed by atoms with Gasteiger partial charge < -0.3 is 5.73 Å². The molecule has 0 fully saturated rings. The van der Waals surface area contributed by atoms with Crippen molar-refractivity contribution in [2.75, 3.05) is 0 Å². The van der Waals surface area contributed by atoms with Crippen LogP contribution in [0.25, 0.3) is 11.0 Å². The van der Waals surface area contributed by atoms with Crippen molar-refractivity contribution in [2.45, 2.75) is 12.5 Å². The van der Waals surface area contributed by atoms with Crippen molar-refractivity contribution < 1.29 is 0 Å². The fourth-order valence-corrected chi connectivity index (χ4v) is 2.10. The molecule has 1 aromatic carbocycles. The third kappa shape index (κ3) is 2.58. The highest BCUT2D eigenvalue weighted by atomic mass is 14.8. The summed E-state index contributed by atoms with van der Waals surface area (Å²) >= 11 is 0. The molecule has 2 heterocycles. The van der Waals surface area contributed by atoms with E-state index in [-0.39, 0.29) is 6.04 Å². The molecule has 0 saturated carbocycles. The predicted molar refractivity (Wildman–Crippen MR) is 74.4 cm³/mol. The van der Waals surface area contributed by atoms with Crippen molar-refractivity contribution in [3.8, 4) is 0 Å². The number of fused-ring (bicyclic) bond motifs is 1. The Labute approximate surface area is 111 Å². The molecule has 0 saturated heterocycles. The minimum Gasteiger partial charge on any atom is -0.324 e. The number of aromatic nitrogens is 3. The number of nitrogens with two attached hydrogens (primary N) is 1. The summed E-state index contributed by atoms with van der Waals surface area (Å²) < 4.78 is 0. The lowest BCUT2D eigenvalue weighted by molar-refractivity contribution is 0.722. The second-order valence-corrected chi connectivity index (χ2v) is 4.47. The fraction of sp³-hybridized carbons (Fsp3) is 0.133. The molecule has 4 heteroatoms. The molecule has 0 aliphatic heterocycles. The van der Waals surface area contributed by atoms with Crippen LogP contribution in [-0.4, -0.2) is 15.0 Å². The maximum atomic E-state index is 6.25. The molecule has 3 aromatic rings. The molecule has 1 atom stereocenters. The Hall–Kier alpha value is -2.33. The van der Waals surface area contributed by atoms with Crippen LogP contribution in [0, 0.1) is 0 Å². The molecule has 2 aromatic heterocycles. The summed E-state index contributed by atoms with van der Waals surface area (Å²) in [6.07, 6.45) is 7.75. The van der Waals surface area contributed by atoms with Crippen LogP contribution in [0.1, 0.15) is 17.2 Å². The molecule has 0 bridgehead atoms. The van der Waals surface area contributed by atoms with Gasteiger partial charge in [-0.05, 0) is 41.8 Å². The van der Waals surface area contributed by atoms with Crippen LogP contribution in [0.15, 0.2) is 55.1 Å². The van der Waals surface area contributed by atoms with Crippen LogP contribution >= 0.6 is 0 Å². The molecule has 19 heavy (non-hydrogen) atoms. The average molecular weight is 250 g/mol. The van der Waals surface area contributed by atoms with Crippen molar-refractivity contribution in [2.24, 2.45) is 5.73 Å². The average Bonchev–Trinajstić information content (AvgIpc) is 2.48. The summed E-state index contributed by atoms with van der Waals surface area (Å²) in [7, 11) is 0. The van der Waals surface area contributed by atoms with Gasteiger partial charge in [-0.25, -0.2) is 0 Å². The van der Waals surface area contributed by atoms with E-state index in [9.17, 15) is 0 Å². The predicted octanol–water partition coefficient (Wildman–Crippen LogP) is 2.27. The van der Waals surface area contributed by atoms with Crippen LogP contribution in [0.4, 0.5) is 0 Å². The molecule has 0 aliphatic carbocycles. The first-order chi connectivity index (χ1) is 9.33. The topological polar surface area (TPSA) is 64.7 Å². The van der Waals surface area contributed by atoms with Crippen LogP contribution in [0.5, 0.6) is 0 Å². The van der Waals surface area contributed by atoms with Gasteiger partial charge in [-0.2, -0.15) is 0 Å². The lowest BCUT2D eigenvalue weighted by atomic mass is 10.00. The van der Waals surface area contributed by atoms with Crippen molar-refractivity contribution >= 4 is 11.0 Å². The molecule has 0 spiro atoms. The molecular weight excluding hydrogens is 236 g/mol. The molecule has 2 N–H and O–H groups in total. The number of rotatable bonds is 3. The van der Waals surface area contributed by atoms with Crippen molar-refractivity contribution in [3.05, 3.63) is 66.2 Å². The number of pyridine rings is 1. The Morgan fingerprint density at radius 2 is 1.63 bits per heavy atom. The summed E-state index contributed by atoms with van der Waals surface area (Å²) in [5, 5.41) is 0. The minimum atomic E-state index is -0.0474. The number of hydrogen-bond acceptors (Lipinski definition) is 4. The van der Waals surface area contributed by atoms with Crippen molar-refractivity contribution in [3.63, 3.8) is 0 Å². The Balaban J connectivity index is 1.87. The van der Waals surface area contributed by atoms with Gasteiger partial charge in [-0.3, -0.25) is 15.0 Å². The molecule has 0 amide bonds. The van der Waals surface area contributed by atoms with E-state index in [1.807, 2.05) is 30.3 Å². The van der Waals surface area contributed by atoms with Gasteiger partial charge in [-0.15, -0.1) is 0 Å². The standard InChI is InChI=1S/C15H14N4/c16-13(9-11-3-5-17-6-4-11)12-1-2-14-15(10-12)19-8-7-18-14/h1-8,10,13H,9,16H2. The van der Waals surface area contributed by atoms with Gasteiger partial charge in [0.15, 0.2) is 0 Å². The van der Waals surface area contributed by atoms with Crippen molar-refractivity contribution in [1.82, 2.24) is 15.0 Å². The van der Waals surface area contributed by atoms with Gasteiger partial charge in [-0.1, -0.05) is 6.07 Å². The van der Waals surface area contributed by atoms with E-state index in [1.54, 1.807) is 24.8 Å². The SMILES string of the molecule is NC(Cc1ccncc1)c1ccc2nccnc2c1.